The summed E-state index contributed by atoms with van der Waals surface area (Å²) >= 11 is 0. The van der Waals surface area contributed by atoms with Gasteiger partial charge in [0.2, 0.25) is 0 Å². The van der Waals surface area contributed by atoms with Gasteiger partial charge in [0.25, 0.3) is 0 Å². The number of aromatic nitrogens is 4. The van der Waals surface area contributed by atoms with Crippen LogP contribution in [0.1, 0.15) is 32.5 Å². The Labute approximate surface area is 113 Å². The molecule has 0 atom stereocenters. The molecular formula is C12H23N5O2. The molecule has 1 aromatic rings. The lowest BCUT2D eigenvalue weighted by Crippen LogP contribution is -2.35. The quantitative estimate of drug-likeness (QED) is 0.746. The van der Waals surface area contributed by atoms with Crippen molar-refractivity contribution in [3.63, 3.8) is 0 Å². The van der Waals surface area contributed by atoms with E-state index in [2.05, 4.69) is 15.5 Å². The molecule has 1 aromatic heterocycles. The summed E-state index contributed by atoms with van der Waals surface area (Å²) in [5, 5.41) is 21.0. The van der Waals surface area contributed by atoms with Crippen LogP contribution in [-0.4, -0.2) is 56.8 Å². The number of likely N-dealkylation sites (N-methyl/N-ethyl adjacent to an activating group) is 1. The predicted octanol–water partition coefficient (Wildman–Crippen LogP) is 0.668. The normalized spacial score (nSPS) is 12.1. The van der Waals surface area contributed by atoms with Crippen LogP contribution in [0, 0.1) is 5.41 Å². The lowest BCUT2D eigenvalue weighted by Gasteiger charge is -2.26. The van der Waals surface area contributed by atoms with E-state index in [0.717, 1.165) is 12.4 Å². The highest BCUT2D eigenvalue weighted by Crippen LogP contribution is 2.29. The van der Waals surface area contributed by atoms with Crippen LogP contribution in [0.25, 0.3) is 0 Å². The zero-order valence-corrected chi connectivity index (χ0v) is 12.1. The van der Waals surface area contributed by atoms with Gasteiger partial charge in [0.1, 0.15) is 0 Å². The average Bonchev–Trinajstić information content (AvgIpc) is 2.80. The van der Waals surface area contributed by atoms with Crippen LogP contribution in [-0.2, 0) is 17.8 Å². The molecule has 7 nitrogen and oxygen atoms in total. The Morgan fingerprint density at radius 2 is 2.00 bits per heavy atom. The summed E-state index contributed by atoms with van der Waals surface area (Å²) in [5.41, 5.74) is -0.789. The number of carboxylic acids is 1. The van der Waals surface area contributed by atoms with Gasteiger partial charge in [-0.2, -0.15) is 0 Å². The average molecular weight is 269 g/mol. The van der Waals surface area contributed by atoms with E-state index in [0.29, 0.717) is 25.8 Å². The van der Waals surface area contributed by atoms with Gasteiger partial charge in [-0.15, -0.1) is 5.10 Å². The first kappa shape index (κ1) is 15.6. The van der Waals surface area contributed by atoms with Crippen molar-refractivity contribution in [3.8, 4) is 0 Å². The van der Waals surface area contributed by atoms with Crippen LogP contribution in [0.3, 0.4) is 0 Å². The highest BCUT2D eigenvalue weighted by atomic mass is 16.4. The van der Waals surface area contributed by atoms with Crippen molar-refractivity contribution in [2.24, 2.45) is 5.41 Å². The fraction of sp³-hybridized carbons (Fsp3) is 0.833. The molecular weight excluding hydrogens is 246 g/mol. The smallest absolute Gasteiger partial charge is 0.311 e. The standard InChI is InChI=1S/C12H23N5O2/c1-5-12(6-2,11(18)19)9-17-10(13-14-15-17)7-8-16(3)4/h5-9H2,1-4H3,(H,18,19). The van der Waals surface area contributed by atoms with E-state index in [1.54, 1.807) is 4.68 Å². The molecule has 0 saturated carbocycles. The monoisotopic (exact) mass is 269 g/mol. The maximum absolute atomic E-state index is 11.5. The number of aliphatic carboxylic acids is 1. The van der Waals surface area contributed by atoms with Crippen molar-refractivity contribution in [1.82, 2.24) is 25.1 Å². The zero-order chi connectivity index (χ0) is 14.5. The molecule has 0 aliphatic heterocycles. The summed E-state index contributed by atoms with van der Waals surface area (Å²) in [5.74, 6) is -0.0483. The first-order valence-corrected chi connectivity index (χ1v) is 6.58. The van der Waals surface area contributed by atoms with E-state index in [1.807, 2.05) is 32.8 Å². The summed E-state index contributed by atoms with van der Waals surface area (Å²) in [6.45, 7) is 4.94. The lowest BCUT2D eigenvalue weighted by molar-refractivity contribution is -0.150. The van der Waals surface area contributed by atoms with Crippen LogP contribution in [0.2, 0.25) is 0 Å². The molecule has 1 N–H and O–H groups in total. The fourth-order valence-electron chi connectivity index (χ4n) is 1.98. The van der Waals surface area contributed by atoms with Crippen molar-refractivity contribution in [3.05, 3.63) is 5.82 Å². The predicted molar refractivity (Wildman–Crippen MR) is 70.7 cm³/mol. The van der Waals surface area contributed by atoms with Gasteiger partial charge in [0, 0.05) is 13.0 Å². The second-order valence-corrected chi connectivity index (χ2v) is 5.10. The molecule has 1 heterocycles. The third-order valence-corrected chi connectivity index (χ3v) is 3.65. The molecule has 0 aliphatic carbocycles. The Hall–Kier alpha value is -1.50. The first-order valence-electron chi connectivity index (χ1n) is 6.58. The second-order valence-electron chi connectivity index (χ2n) is 5.10. The first-order chi connectivity index (χ1) is 8.95. The highest BCUT2D eigenvalue weighted by Gasteiger charge is 2.36. The van der Waals surface area contributed by atoms with Gasteiger partial charge in [-0.1, -0.05) is 13.8 Å². The molecule has 19 heavy (non-hydrogen) atoms. The van der Waals surface area contributed by atoms with Crippen molar-refractivity contribution in [2.75, 3.05) is 20.6 Å². The van der Waals surface area contributed by atoms with E-state index in [1.165, 1.54) is 0 Å². The maximum Gasteiger partial charge on any atom is 0.311 e. The molecule has 0 fully saturated rings. The largest absolute Gasteiger partial charge is 0.481 e. The van der Waals surface area contributed by atoms with E-state index < -0.39 is 11.4 Å². The number of rotatable bonds is 8. The number of carboxylic acid groups (broad SMARTS) is 1. The van der Waals surface area contributed by atoms with Crippen LogP contribution in [0.15, 0.2) is 0 Å². The second kappa shape index (κ2) is 6.60. The van der Waals surface area contributed by atoms with Gasteiger partial charge >= 0.3 is 5.97 Å². The number of hydrogen-bond donors (Lipinski definition) is 1. The molecule has 0 spiro atoms. The minimum atomic E-state index is -0.789. The molecule has 0 amide bonds. The van der Waals surface area contributed by atoms with Gasteiger partial charge in [-0.3, -0.25) is 4.79 Å². The van der Waals surface area contributed by atoms with Crippen LogP contribution >= 0.6 is 0 Å². The number of nitrogens with zero attached hydrogens (tertiary/aromatic N) is 5. The molecule has 0 unspecified atom stereocenters. The Bertz CT molecular complexity index is 412. The Morgan fingerprint density at radius 3 is 2.47 bits per heavy atom. The van der Waals surface area contributed by atoms with E-state index in [4.69, 9.17) is 0 Å². The molecule has 1 rings (SSSR count). The topological polar surface area (TPSA) is 84.1 Å². The Kier molecular flexibility index (Phi) is 5.41. The SMILES string of the molecule is CCC(CC)(Cn1nnnc1CCN(C)C)C(=O)O. The van der Waals surface area contributed by atoms with Gasteiger partial charge in [-0.05, 0) is 37.4 Å². The summed E-state index contributed by atoms with van der Waals surface area (Å²) in [4.78, 5) is 13.5. The minimum absolute atomic E-state index is 0.324. The summed E-state index contributed by atoms with van der Waals surface area (Å²) in [6, 6.07) is 0. The molecule has 108 valence electrons. The van der Waals surface area contributed by atoms with Gasteiger partial charge in [0.05, 0.1) is 12.0 Å². The van der Waals surface area contributed by atoms with Crippen LogP contribution in [0.4, 0.5) is 0 Å². The third kappa shape index (κ3) is 3.73. The van der Waals surface area contributed by atoms with Gasteiger partial charge < -0.3 is 10.0 Å². The van der Waals surface area contributed by atoms with Crippen LogP contribution < -0.4 is 0 Å². The van der Waals surface area contributed by atoms with E-state index in [-0.39, 0.29) is 0 Å². The molecule has 0 saturated heterocycles. The Balaban J connectivity index is 2.86. The molecule has 0 aromatic carbocycles. The minimum Gasteiger partial charge on any atom is -0.481 e. The van der Waals surface area contributed by atoms with Gasteiger partial charge in [0.15, 0.2) is 5.82 Å². The van der Waals surface area contributed by atoms with Crippen molar-refractivity contribution in [2.45, 2.75) is 39.7 Å². The van der Waals surface area contributed by atoms with Gasteiger partial charge in [-0.25, -0.2) is 4.68 Å². The lowest BCUT2D eigenvalue weighted by atomic mass is 9.82. The van der Waals surface area contributed by atoms with E-state index >= 15 is 0 Å². The molecule has 0 aliphatic rings. The number of carbonyl (C=O) groups is 1. The zero-order valence-electron chi connectivity index (χ0n) is 12.1. The van der Waals surface area contributed by atoms with Crippen molar-refractivity contribution < 1.29 is 9.90 Å². The fourth-order valence-corrected chi connectivity index (χ4v) is 1.98. The number of hydrogen-bond acceptors (Lipinski definition) is 5. The molecule has 7 heteroatoms. The van der Waals surface area contributed by atoms with Crippen molar-refractivity contribution in [1.29, 1.82) is 0 Å². The Morgan fingerprint density at radius 1 is 1.37 bits per heavy atom. The summed E-state index contributed by atoms with van der Waals surface area (Å²) in [6.07, 6.45) is 1.83. The van der Waals surface area contributed by atoms with E-state index in [9.17, 15) is 9.90 Å². The highest BCUT2D eigenvalue weighted by molar-refractivity contribution is 5.74. The van der Waals surface area contributed by atoms with Crippen molar-refractivity contribution >= 4 is 5.97 Å². The molecule has 0 bridgehead atoms. The summed E-state index contributed by atoms with van der Waals surface area (Å²) < 4.78 is 1.63. The number of tetrazole rings is 1. The summed E-state index contributed by atoms with van der Waals surface area (Å²) in [7, 11) is 3.96. The molecule has 0 radical (unpaired) electrons. The van der Waals surface area contributed by atoms with Crippen LogP contribution in [0.5, 0.6) is 0 Å². The third-order valence-electron chi connectivity index (χ3n) is 3.65. The maximum atomic E-state index is 11.5.